The van der Waals surface area contributed by atoms with E-state index < -0.39 is 0 Å². The van der Waals surface area contributed by atoms with E-state index in [1.54, 1.807) is 6.20 Å². The Morgan fingerprint density at radius 2 is 2.20 bits per heavy atom. The molecule has 2 aromatic rings. The molecule has 1 aliphatic rings. The van der Waals surface area contributed by atoms with E-state index in [2.05, 4.69) is 29.5 Å². The molecule has 3 rings (SSSR count). The molecular formula is C16H19N3O. The number of anilines is 1. The molecule has 0 atom stereocenters. The van der Waals surface area contributed by atoms with Crippen molar-refractivity contribution in [1.82, 2.24) is 9.78 Å². The van der Waals surface area contributed by atoms with E-state index in [-0.39, 0.29) is 11.8 Å². The first kappa shape index (κ1) is 12.9. The van der Waals surface area contributed by atoms with Crippen LogP contribution in [0.1, 0.15) is 30.4 Å². The third kappa shape index (κ3) is 2.74. The Labute approximate surface area is 118 Å². The third-order valence-corrected chi connectivity index (χ3v) is 3.97. The van der Waals surface area contributed by atoms with Crippen LogP contribution in [0.3, 0.4) is 0 Å². The van der Waals surface area contributed by atoms with Crippen LogP contribution in [0.25, 0.3) is 0 Å². The zero-order chi connectivity index (χ0) is 13.9. The van der Waals surface area contributed by atoms with Crippen LogP contribution in [0.2, 0.25) is 0 Å². The molecular weight excluding hydrogens is 250 g/mol. The molecule has 1 amide bonds. The number of hydrogen-bond donors (Lipinski definition) is 1. The summed E-state index contributed by atoms with van der Waals surface area (Å²) in [6, 6.07) is 8.26. The van der Waals surface area contributed by atoms with Crippen molar-refractivity contribution < 1.29 is 4.79 Å². The van der Waals surface area contributed by atoms with Gasteiger partial charge in [0, 0.05) is 12.1 Å². The van der Waals surface area contributed by atoms with Gasteiger partial charge in [0.1, 0.15) is 0 Å². The smallest absolute Gasteiger partial charge is 0.227 e. The van der Waals surface area contributed by atoms with E-state index in [0.717, 1.165) is 25.1 Å². The lowest BCUT2D eigenvalue weighted by Crippen LogP contribution is -2.27. The molecule has 20 heavy (non-hydrogen) atoms. The predicted octanol–water partition coefficient (Wildman–Crippen LogP) is 2.98. The van der Waals surface area contributed by atoms with Gasteiger partial charge in [0.2, 0.25) is 5.91 Å². The van der Waals surface area contributed by atoms with E-state index in [0.29, 0.717) is 0 Å². The molecule has 4 nitrogen and oxygen atoms in total. The number of rotatable bonds is 4. The Hall–Kier alpha value is -2.10. The largest absolute Gasteiger partial charge is 0.323 e. The van der Waals surface area contributed by atoms with Crippen LogP contribution in [0, 0.1) is 12.8 Å². The summed E-state index contributed by atoms with van der Waals surface area (Å²) in [6.07, 6.45) is 6.81. The molecule has 0 bridgehead atoms. The van der Waals surface area contributed by atoms with Gasteiger partial charge in [-0.2, -0.15) is 5.10 Å². The number of amides is 1. The standard InChI is InChI=1S/C16H19N3O/c1-12-5-2-3-6-14(12)10-19-11-15(9-17-19)18-16(20)13-7-4-8-13/h2-3,5-6,9,11,13H,4,7-8,10H2,1H3,(H,18,20). The minimum Gasteiger partial charge on any atom is -0.323 e. The fourth-order valence-electron chi connectivity index (χ4n) is 2.39. The molecule has 0 aliphatic heterocycles. The molecule has 0 saturated heterocycles. The second-order valence-electron chi connectivity index (χ2n) is 5.47. The fourth-order valence-corrected chi connectivity index (χ4v) is 2.39. The lowest BCUT2D eigenvalue weighted by Gasteiger charge is -2.23. The monoisotopic (exact) mass is 269 g/mol. The highest BCUT2D eigenvalue weighted by molar-refractivity contribution is 5.92. The second kappa shape index (κ2) is 5.49. The van der Waals surface area contributed by atoms with Gasteiger partial charge in [-0.25, -0.2) is 0 Å². The molecule has 1 aromatic carbocycles. The molecule has 1 fully saturated rings. The maximum Gasteiger partial charge on any atom is 0.227 e. The normalized spacial score (nSPS) is 14.8. The van der Waals surface area contributed by atoms with E-state index in [9.17, 15) is 4.79 Å². The van der Waals surface area contributed by atoms with Crippen molar-refractivity contribution >= 4 is 11.6 Å². The summed E-state index contributed by atoms with van der Waals surface area (Å²) >= 11 is 0. The van der Waals surface area contributed by atoms with Gasteiger partial charge in [0.15, 0.2) is 0 Å². The number of aromatic nitrogens is 2. The predicted molar refractivity (Wildman–Crippen MR) is 78.5 cm³/mol. The first-order chi connectivity index (χ1) is 9.72. The van der Waals surface area contributed by atoms with Crippen molar-refractivity contribution in [3.8, 4) is 0 Å². The van der Waals surface area contributed by atoms with Crippen molar-refractivity contribution in [3.05, 3.63) is 47.8 Å². The van der Waals surface area contributed by atoms with Crippen molar-refractivity contribution in [2.45, 2.75) is 32.7 Å². The van der Waals surface area contributed by atoms with Gasteiger partial charge < -0.3 is 5.32 Å². The van der Waals surface area contributed by atoms with Gasteiger partial charge in [-0.15, -0.1) is 0 Å². The average molecular weight is 269 g/mol. The van der Waals surface area contributed by atoms with Gasteiger partial charge in [-0.05, 0) is 30.9 Å². The highest BCUT2D eigenvalue weighted by Gasteiger charge is 2.25. The van der Waals surface area contributed by atoms with Crippen molar-refractivity contribution in [3.63, 3.8) is 0 Å². The number of carbonyl (C=O) groups is 1. The summed E-state index contributed by atoms with van der Waals surface area (Å²) in [5.41, 5.74) is 3.28. The summed E-state index contributed by atoms with van der Waals surface area (Å²) in [5, 5.41) is 7.25. The Morgan fingerprint density at radius 1 is 1.40 bits per heavy atom. The molecule has 0 radical (unpaired) electrons. The summed E-state index contributed by atoms with van der Waals surface area (Å²) in [5.74, 6) is 0.335. The van der Waals surface area contributed by atoms with Crippen LogP contribution in [0.5, 0.6) is 0 Å². The van der Waals surface area contributed by atoms with Crippen LogP contribution < -0.4 is 5.32 Å². The first-order valence-corrected chi connectivity index (χ1v) is 7.10. The molecule has 1 aliphatic carbocycles. The highest BCUT2D eigenvalue weighted by Crippen LogP contribution is 2.27. The van der Waals surface area contributed by atoms with Gasteiger partial charge in [0.25, 0.3) is 0 Å². The second-order valence-corrected chi connectivity index (χ2v) is 5.47. The fraction of sp³-hybridized carbons (Fsp3) is 0.375. The van der Waals surface area contributed by atoms with Crippen molar-refractivity contribution in [1.29, 1.82) is 0 Å². The van der Waals surface area contributed by atoms with Crippen LogP contribution >= 0.6 is 0 Å². The molecule has 4 heteroatoms. The maximum atomic E-state index is 11.9. The van der Waals surface area contributed by atoms with Crippen LogP contribution in [-0.4, -0.2) is 15.7 Å². The van der Waals surface area contributed by atoms with Crippen molar-refractivity contribution in [2.24, 2.45) is 5.92 Å². The third-order valence-electron chi connectivity index (χ3n) is 3.97. The van der Waals surface area contributed by atoms with E-state index >= 15 is 0 Å². The van der Waals surface area contributed by atoms with Crippen LogP contribution in [0.15, 0.2) is 36.7 Å². The quantitative estimate of drug-likeness (QED) is 0.927. The van der Waals surface area contributed by atoms with Crippen LogP contribution in [-0.2, 0) is 11.3 Å². The summed E-state index contributed by atoms with van der Waals surface area (Å²) in [7, 11) is 0. The summed E-state index contributed by atoms with van der Waals surface area (Å²) in [4.78, 5) is 11.9. The van der Waals surface area contributed by atoms with Crippen LogP contribution in [0.4, 0.5) is 5.69 Å². The SMILES string of the molecule is Cc1ccccc1Cn1cc(NC(=O)C2CCC2)cn1. The number of nitrogens with zero attached hydrogens (tertiary/aromatic N) is 2. The lowest BCUT2D eigenvalue weighted by molar-refractivity contribution is -0.122. The Balaban J connectivity index is 1.64. The van der Waals surface area contributed by atoms with Gasteiger partial charge >= 0.3 is 0 Å². The van der Waals surface area contributed by atoms with Gasteiger partial charge in [-0.3, -0.25) is 9.48 Å². The average Bonchev–Trinajstić information content (AvgIpc) is 2.77. The van der Waals surface area contributed by atoms with Gasteiger partial charge in [-0.1, -0.05) is 30.7 Å². The number of hydrogen-bond acceptors (Lipinski definition) is 2. The molecule has 1 saturated carbocycles. The zero-order valence-corrected chi connectivity index (χ0v) is 11.7. The first-order valence-electron chi connectivity index (χ1n) is 7.10. The topological polar surface area (TPSA) is 46.9 Å². The number of benzene rings is 1. The minimum atomic E-state index is 0.131. The number of aryl methyl sites for hydroxylation is 1. The van der Waals surface area contributed by atoms with Crippen molar-refractivity contribution in [2.75, 3.05) is 5.32 Å². The van der Waals surface area contributed by atoms with E-state index in [1.807, 2.05) is 23.0 Å². The Kier molecular flexibility index (Phi) is 3.54. The Morgan fingerprint density at radius 3 is 2.90 bits per heavy atom. The number of carbonyl (C=O) groups excluding carboxylic acids is 1. The Bertz CT molecular complexity index is 614. The minimum absolute atomic E-state index is 0.131. The zero-order valence-electron chi connectivity index (χ0n) is 11.7. The molecule has 0 unspecified atom stereocenters. The highest BCUT2D eigenvalue weighted by atomic mass is 16.1. The summed E-state index contributed by atoms with van der Waals surface area (Å²) in [6.45, 7) is 2.82. The molecule has 104 valence electrons. The molecule has 1 aromatic heterocycles. The molecule has 0 spiro atoms. The molecule has 1 heterocycles. The summed E-state index contributed by atoms with van der Waals surface area (Å²) < 4.78 is 1.86. The maximum absolute atomic E-state index is 11.9. The molecule has 1 N–H and O–H groups in total. The lowest BCUT2D eigenvalue weighted by atomic mass is 9.85. The number of nitrogens with one attached hydrogen (secondary N) is 1. The van der Waals surface area contributed by atoms with Gasteiger partial charge in [0.05, 0.1) is 18.4 Å². The van der Waals surface area contributed by atoms with E-state index in [1.165, 1.54) is 17.5 Å². The van der Waals surface area contributed by atoms with E-state index in [4.69, 9.17) is 0 Å².